The van der Waals surface area contributed by atoms with Crippen molar-refractivity contribution in [3.05, 3.63) is 61.1 Å². The molecular weight excluding hydrogens is 290 g/mol. The van der Waals surface area contributed by atoms with Gasteiger partial charge < -0.3 is 11.5 Å². The number of rotatable bonds is 2. The SMILES string of the molecule is N#CC1=C(N)SC(N)=C(C#N)C1c1ccccc1[N+](=O)[O-]. The number of thioether (sulfide) groups is 1. The second-order valence-electron chi connectivity index (χ2n) is 4.13. The Morgan fingerprint density at radius 2 is 1.67 bits per heavy atom. The monoisotopic (exact) mass is 299 g/mol. The maximum atomic E-state index is 11.2. The number of benzene rings is 1. The molecule has 21 heavy (non-hydrogen) atoms. The first-order valence-electron chi connectivity index (χ1n) is 5.71. The Bertz CT molecular complexity index is 734. The summed E-state index contributed by atoms with van der Waals surface area (Å²) >= 11 is 0.919. The van der Waals surface area contributed by atoms with E-state index in [0.717, 1.165) is 11.8 Å². The van der Waals surface area contributed by atoms with Crippen LogP contribution in [-0.2, 0) is 0 Å². The first kappa shape index (κ1) is 14.4. The highest BCUT2D eigenvalue weighted by Gasteiger charge is 2.34. The molecule has 0 aliphatic carbocycles. The van der Waals surface area contributed by atoms with Crippen molar-refractivity contribution in [2.45, 2.75) is 5.92 Å². The van der Waals surface area contributed by atoms with E-state index in [1.165, 1.54) is 18.2 Å². The van der Waals surface area contributed by atoms with Crippen molar-refractivity contribution >= 4 is 17.4 Å². The van der Waals surface area contributed by atoms with Crippen LogP contribution in [0.25, 0.3) is 0 Å². The molecule has 0 radical (unpaired) electrons. The second-order valence-corrected chi connectivity index (χ2v) is 5.21. The quantitative estimate of drug-likeness (QED) is 0.626. The molecule has 0 atom stereocenters. The summed E-state index contributed by atoms with van der Waals surface area (Å²) in [5.74, 6) is -0.914. The summed E-state index contributed by atoms with van der Waals surface area (Å²) in [6.07, 6.45) is 0. The van der Waals surface area contributed by atoms with E-state index in [2.05, 4.69) is 0 Å². The zero-order valence-corrected chi connectivity index (χ0v) is 11.4. The minimum absolute atomic E-state index is 0.0973. The summed E-state index contributed by atoms with van der Waals surface area (Å²) in [5, 5.41) is 30.0. The van der Waals surface area contributed by atoms with Gasteiger partial charge in [0.1, 0.15) is 0 Å². The van der Waals surface area contributed by atoms with E-state index in [9.17, 15) is 20.6 Å². The standard InChI is InChI=1S/C13H9N5O2S/c14-5-8-11(9(6-15)13(17)21-12(8)16)7-3-1-2-4-10(7)18(19)20/h1-4,11H,16-17H2. The van der Waals surface area contributed by atoms with E-state index >= 15 is 0 Å². The van der Waals surface area contributed by atoms with Gasteiger partial charge in [0, 0.05) is 11.6 Å². The summed E-state index contributed by atoms with van der Waals surface area (Å²) < 4.78 is 0. The van der Waals surface area contributed by atoms with Gasteiger partial charge >= 0.3 is 0 Å². The molecule has 0 unspecified atom stereocenters. The van der Waals surface area contributed by atoms with Crippen molar-refractivity contribution in [3.8, 4) is 12.1 Å². The first-order valence-corrected chi connectivity index (χ1v) is 6.53. The molecule has 1 heterocycles. The van der Waals surface area contributed by atoms with Crippen LogP contribution < -0.4 is 11.5 Å². The number of para-hydroxylation sites is 1. The van der Waals surface area contributed by atoms with Crippen LogP contribution in [0.1, 0.15) is 11.5 Å². The lowest BCUT2D eigenvalue weighted by atomic mass is 9.85. The third-order valence-electron chi connectivity index (χ3n) is 3.01. The van der Waals surface area contributed by atoms with Gasteiger partial charge in [0.15, 0.2) is 0 Å². The summed E-state index contributed by atoms with van der Waals surface area (Å²) in [7, 11) is 0. The topological polar surface area (TPSA) is 143 Å². The molecule has 0 bridgehead atoms. The molecule has 104 valence electrons. The largest absolute Gasteiger partial charge is 0.392 e. The van der Waals surface area contributed by atoms with Gasteiger partial charge in [-0.05, 0) is 0 Å². The number of nitrogens with zero attached hydrogens (tertiary/aromatic N) is 3. The molecule has 7 nitrogen and oxygen atoms in total. The molecule has 0 saturated carbocycles. The van der Waals surface area contributed by atoms with Gasteiger partial charge in [-0.1, -0.05) is 30.0 Å². The van der Waals surface area contributed by atoms with Gasteiger partial charge in [-0.25, -0.2) is 0 Å². The summed E-state index contributed by atoms with van der Waals surface area (Å²) in [5.41, 5.74) is 11.8. The normalized spacial score (nSPS) is 15.5. The summed E-state index contributed by atoms with van der Waals surface area (Å²) in [6.45, 7) is 0. The lowest BCUT2D eigenvalue weighted by Crippen LogP contribution is -2.19. The average Bonchev–Trinajstić information content (AvgIpc) is 2.46. The molecule has 1 aliphatic rings. The van der Waals surface area contributed by atoms with Gasteiger partial charge in [-0.3, -0.25) is 10.1 Å². The number of nitro groups is 1. The highest BCUT2D eigenvalue weighted by atomic mass is 32.2. The molecule has 2 rings (SSSR count). The predicted octanol–water partition coefficient (Wildman–Crippen LogP) is 1.81. The van der Waals surface area contributed by atoms with E-state index in [1.807, 2.05) is 12.1 Å². The number of hydrogen-bond donors (Lipinski definition) is 2. The number of nitrogens with two attached hydrogens (primary N) is 2. The summed E-state index contributed by atoms with van der Waals surface area (Å²) in [4.78, 5) is 10.6. The van der Waals surface area contributed by atoms with Gasteiger partial charge in [-0.15, -0.1) is 0 Å². The highest BCUT2D eigenvalue weighted by Crippen LogP contribution is 2.45. The molecule has 4 N–H and O–H groups in total. The minimum Gasteiger partial charge on any atom is -0.392 e. The predicted molar refractivity (Wildman–Crippen MR) is 77.1 cm³/mol. The van der Waals surface area contributed by atoms with Gasteiger partial charge in [-0.2, -0.15) is 10.5 Å². The van der Waals surface area contributed by atoms with Crippen LogP contribution in [0.15, 0.2) is 45.5 Å². The molecule has 8 heteroatoms. The van der Waals surface area contributed by atoms with E-state index in [-0.39, 0.29) is 32.5 Å². The first-order chi connectivity index (χ1) is 10.0. The van der Waals surface area contributed by atoms with Crippen molar-refractivity contribution < 1.29 is 4.92 Å². The smallest absolute Gasteiger partial charge is 0.273 e. The molecule has 1 aromatic carbocycles. The van der Waals surface area contributed by atoms with Crippen LogP contribution >= 0.6 is 11.8 Å². The van der Waals surface area contributed by atoms with E-state index in [4.69, 9.17) is 11.5 Å². The summed E-state index contributed by atoms with van der Waals surface area (Å²) in [6, 6.07) is 9.76. The van der Waals surface area contributed by atoms with Crippen LogP contribution in [-0.4, -0.2) is 4.92 Å². The van der Waals surface area contributed by atoms with Gasteiger partial charge in [0.05, 0.1) is 44.2 Å². The lowest BCUT2D eigenvalue weighted by Gasteiger charge is -2.23. The third kappa shape index (κ3) is 2.40. The molecule has 0 saturated heterocycles. The van der Waals surface area contributed by atoms with Crippen molar-refractivity contribution in [1.82, 2.24) is 0 Å². The fraction of sp³-hybridized carbons (Fsp3) is 0.0769. The number of nitro benzene ring substituents is 1. The fourth-order valence-corrected chi connectivity index (χ4v) is 2.89. The van der Waals surface area contributed by atoms with Crippen LogP contribution in [0.5, 0.6) is 0 Å². The van der Waals surface area contributed by atoms with Gasteiger partial charge in [0.2, 0.25) is 0 Å². The van der Waals surface area contributed by atoms with E-state index in [1.54, 1.807) is 6.07 Å². The number of nitriles is 2. The fourth-order valence-electron chi connectivity index (χ4n) is 2.11. The maximum absolute atomic E-state index is 11.2. The van der Waals surface area contributed by atoms with Crippen molar-refractivity contribution in [2.24, 2.45) is 11.5 Å². The zero-order valence-electron chi connectivity index (χ0n) is 10.6. The lowest BCUT2D eigenvalue weighted by molar-refractivity contribution is -0.385. The average molecular weight is 299 g/mol. The molecule has 0 aromatic heterocycles. The van der Waals surface area contributed by atoms with E-state index < -0.39 is 10.8 Å². The van der Waals surface area contributed by atoms with Gasteiger partial charge in [0.25, 0.3) is 5.69 Å². The minimum atomic E-state index is -0.914. The third-order valence-corrected chi connectivity index (χ3v) is 3.89. The van der Waals surface area contributed by atoms with Crippen LogP contribution in [0.2, 0.25) is 0 Å². The molecule has 1 aromatic rings. The van der Waals surface area contributed by atoms with Crippen molar-refractivity contribution in [3.63, 3.8) is 0 Å². The van der Waals surface area contributed by atoms with Crippen LogP contribution in [0, 0.1) is 32.8 Å². The van der Waals surface area contributed by atoms with Crippen LogP contribution in [0.4, 0.5) is 5.69 Å². The second kappa shape index (κ2) is 5.57. The molecule has 1 aliphatic heterocycles. The molecule has 0 fully saturated rings. The highest BCUT2D eigenvalue weighted by molar-refractivity contribution is 8.06. The Morgan fingerprint density at radius 3 is 2.14 bits per heavy atom. The molecule has 0 amide bonds. The van der Waals surface area contributed by atoms with Crippen molar-refractivity contribution in [2.75, 3.05) is 0 Å². The van der Waals surface area contributed by atoms with Crippen molar-refractivity contribution in [1.29, 1.82) is 10.5 Å². The number of allylic oxidation sites excluding steroid dienone is 2. The van der Waals surface area contributed by atoms with Crippen LogP contribution in [0.3, 0.4) is 0 Å². The van der Waals surface area contributed by atoms with E-state index in [0.29, 0.717) is 0 Å². The zero-order chi connectivity index (χ0) is 15.6. The number of hydrogen-bond acceptors (Lipinski definition) is 7. The maximum Gasteiger partial charge on any atom is 0.273 e. The Balaban J connectivity index is 2.75. The Kier molecular flexibility index (Phi) is 3.83. The Morgan fingerprint density at radius 1 is 1.14 bits per heavy atom. The molecule has 0 spiro atoms. The Labute approximate surface area is 124 Å². The molecular formula is C13H9N5O2S. The Hall–Kier alpha value is -2.97.